The number of benzene rings is 1. The second kappa shape index (κ2) is 13.1. The smallest absolute Gasteiger partial charge is 0.247 e. The summed E-state index contributed by atoms with van der Waals surface area (Å²) in [4.78, 5) is 12.9. The minimum Gasteiger partial charge on any atom is -0.391 e. The first-order valence-corrected chi connectivity index (χ1v) is 12.9. The molecule has 1 aromatic carbocycles. The highest BCUT2D eigenvalue weighted by Gasteiger charge is 2.34. The van der Waals surface area contributed by atoms with E-state index in [2.05, 4.69) is 69.7 Å². The van der Waals surface area contributed by atoms with Gasteiger partial charge in [-0.15, -0.1) is 0 Å². The molecule has 2 rings (SSSR count). The Morgan fingerprint density at radius 1 is 1.09 bits per heavy atom. The maximum atomic E-state index is 12.9. The average molecular weight is 459 g/mol. The number of aryl methyl sites for hydroxylation is 1. The third-order valence-corrected chi connectivity index (χ3v) is 7.50. The minimum atomic E-state index is -0.0786. The van der Waals surface area contributed by atoms with Crippen molar-refractivity contribution in [1.82, 2.24) is 10.6 Å². The van der Waals surface area contributed by atoms with Gasteiger partial charge < -0.3 is 10.6 Å². The first-order valence-electron chi connectivity index (χ1n) is 12.5. The fourth-order valence-electron chi connectivity index (χ4n) is 5.14. The number of hydrogen-bond donors (Lipinski definition) is 2. The molecule has 0 aromatic heterocycles. The van der Waals surface area contributed by atoms with Crippen LogP contribution in [0.1, 0.15) is 95.8 Å². The van der Waals surface area contributed by atoms with Crippen LogP contribution in [-0.2, 0) is 16.6 Å². The Labute approximate surface area is 201 Å². The zero-order chi connectivity index (χ0) is 23.6. The molecule has 1 amide bonds. The number of halogens is 1. The van der Waals surface area contributed by atoms with Crippen LogP contribution in [0.2, 0.25) is 5.02 Å². The first kappa shape index (κ1) is 26.5. The van der Waals surface area contributed by atoms with Crippen LogP contribution in [0.5, 0.6) is 0 Å². The highest BCUT2D eigenvalue weighted by atomic mass is 35.5. The lowest BCUT2D eigenvalue weighted by atomic mass is 9.70. The van der Waals surface area contributed by atoms with Crippen LogP contribution < -0.4 is 10.6 Å². The van der Waals surface area contributed by atoms with Crippen LogP contribution in [0.25, 0.3) is 0 Å². The third kappa shape index (κ3) is 6.63. The molecule has 0 radical (unpaired) electrons. The predicted octanol–water partition coefficient (Wildman–Crippen LogP) is 7.16. The Morgan fingerprint density at radius 3 is 2.47 bits per heavy atom. The topological polar surface area (TPSA) is 41.1 Å². The van der Waals surface area contributed by atoms with Crippen molar-refractivity contribution in [2.75, 3.05) is 13.1 Å². The van der Waals surface area contributed by atoms with E-state index in [1.165, 1.54) is 28.7 Å². The molecule has 1 aliphatic rings. The van der Waals surface area contributed by atoms with Crippen molar-refractivity contribution >= 4 is 17.5 Å². The van der Waals surface area contributed by atoms with Gasteiger partial charge in [-0.25, -0.2) is 0 Å². The lowest BCUT2D eigenvalue weighted by Gasteiger charge is -2.37. The van der Waals surface area contributed by atoms with Gasteiger partial charge in [0.15, 0.2) is 0 Å². The van der Waals surface area contributed by atoms with Gasteiger partial charge in [0.1, 0.15) is 0 Å². The largest absolute Gasteiger partial charge is 0.391 e. The van der Waals surface area contributed by atoms with Crippen LogP contribution in [0.4, 0.5) is 0 Å². The molecule has 0 bridgehead atoms. The molecule has 0 saturated heterocycles. The quantitative estimate of drug-likeness (QED) is 0.326. The molecular weight excluding hydrogens is 416 g/mol. The van der Waals surface area contributed by atoms with E-state index in [-0.39, 0.29) is 11.3 Å². The fraction of sp³-hybridized carbons (Fsp3) is 0.607. The summed E-state index contributed by atoms with van der Waals surface area (Å²) in [6.45, 7) is 12.5. The van der Waals surface area contributed by atoms with Crippen LogP contribution in [0, 0.1) is 6.92 Å². The summed E-state index contributed by atoms with van der Waals surface area (Å²) in [7, 11) is 0. The van der Waals surface area contributed by atoms with Gasteiger partial charge >= 0.3 is 0 Å². The van der Waals surface area contributed by atoms with Gasteiger partial charge in [-0.05, 0) is 101 Å². The molecule has 1 aromatic rings. The molecule has 0 spiro atoms. The third-order valence-electron chi connectivity index (χ3n) is 7.18. The van der Waals surface area contributed by atoms with E-state index in [9.17, 15) is 4.79 Å². The van der Waals surface area contributed by atoms with Crippen molar-refractivity contribution in [1.29, 1.82) is 0 Å². The second-order valence-electron chi connectivity index (χ2n) is 9.19. The predicted molar refractivity (Wildman–Crippen MR) is 138 cm³/mol. The van der Waals surface area contributed by atoms with E-state index >= 15 is 0 Å². The van der Waals surface area contributed by atoms with E-state index < -0.39 is 0 Å². The fourth-order valence-corrected chi connectivity index (χ4v) is 5.52. The highest BCUT2D eigenvalue weighted by molar-refractivity contribution is 6.31. The van der Waals surface area contributed by atoms with Crippen LogP contribution in [-0.4, -0.2) is 19.0 Å². The Hall–Kier alpha value is -1.74. The summed E-state index contributed by atoms with van der Waals surface area (Å²) in [6.07, 6.45) is 13.3. The van der Waals surface area contributed by atoms with Crippen molar-refractivity contribution in [3.05, 3.63) is 57.3 Å². The van der Waals surface area contributed by atoms with Crippen LogP contribution in [0.15, 0.2) is 35.6 Å². The summed E-state index contributed by atoms with van der Waals surface area (Å²) in [6, 6.07) is 4.18. The standard InChI is InChI=1S/C28H43ClN2O/c1-6-9-18-30-19-16-28(8-3,26-23(7-2)22(5)14-15-25(26)29)17-20-31-27(32)24-13-11-10-12-21(24)4/h9,14-15,18,30H,6-8,10-13,16-17,19-20H2,1-5H3,(H,31,32)/b18-9-. The first-order chi connectivity index (χ1) is 15.4. The van der Waals surface area contributed by atoms with Gasteiger partial charge in [-0.3, -0.25) is 4.79 Å². The lowest BCUT2D eigenvalue weighted by molar-refractivity contribution is -0.117. The minimum absolute atomic E-state index is 0.0786. The van der Waals surface area contributed by atoms with Crippen molar-refractivity contribution < 1.29 is 4.79 Å². The summed E-state index contributed by atoms with van der Waals surface area (Å²) in [5.41, 5.74) is 6.14. The van der Waals surface area contributed by atoms with Crippen molar-refractivity contribution in [2.24, 2.45) is 0 Å². The van der Waals surface area contributed by atoms with Crippen molar-refractivity contribution in [2.45, 2.75) is 97.8 Å². The van der Waals surface area contributed by atoms with Gasteiger partial charge in [-0.1, -0.05) is 50.1 Å². The molecule has 32 heavy (non-hydrogen) atoms. The SMILES string of the molecule is CC/C=C\NCCC(CC)(CCNC(=O)C1=C(C)CCCC1)c1c(Cl)ccc(C)c1CC. The molecule has 0 saturated carbocycles. The highest BCUT2D eigenvalue weighted by Crippen LogP contribution is 2.42. The number of hydrogen-bond acceptors (Lipinski definition) is 2. The van der Waals surface area contributed by atoms with E-state index in [0.717, 1.165) is 68.5 Å². The normalized spacial score (nSPS) is 16.3. The Balaban J connectivity index is 2.27. The molecule has 2 N–H and O–H groups in total. The summed E-state index contributed by atoms with van der Waals surface area (Å²) in [5, 5.41) is 7.56. The zero-order valence-corrected chi connectivity index (χ0v) is 21.6. The van der Waals surface area contributed by atoms with E-state index in [1.807, 2.05) is 0 Å². The van der Waals surface area contributed by atoms with Gasteiger partial charge in [0, 0.05) is 29.1 Å². The average Bonchev–Trinajstić information content (AvgIpc) is 2.79. The molecule has 1 aliphatic carbocycles. The van der Waals surface area contributed by atoms with Crippen molar-refractivity contribution in [3.8, 4) is 0 Å². The second-order valence-corrected chi connectivity index (χ2v) is 9.60. The van der Waals surface area contributed by atoms with Gasteiger partial charge in [0.05, 0.1) is 0 Å². The number of amides is 1. The summed E-state index contributed by atoms with van der Waals surface area (Å²) in [5.74, 6) is 0.127. The maximum absolute atomic E-state index is 12.9. The number of carbonyl (C=O) groups excluding carboxylic acids is 1. The Bertz CT molecular complexity index is 827. The zero-order valence-electron chi connectivity index (χ0n) is 20.9. The number of rotatable bonds is 12. The molecule has 4 heteroatoms. The summed E-state index contributed by atoms with van der Waals surface area (Å²) < 4.78 is 0. The molecule has 178 valence electrons. The van der Waals surface area contributed by atoms with E-state index in [0.29, 0.717) is 6.54 Å². The number of nitrogens with one attached hydrogen (secondary N) is 2. The van der Waals surface area contributed by atoms with Crippen LogP contribution in [0.3, 0.4) is 0 Å². The monoisotopic (exact) mass is 458 g/mol. The molecule has 0 fully saturated rings. The van der Waals surface area contributed by atoms with Gasteiger partial charge in [0.2, 0.25) is 5.91 Å². The molecule has 1 atom stereocenters. The molecule has 0 heterocycles. The molecule has 1 unspecified atom stereocenters. The van der Waals surface area contributed by atoms with E-state index in [4.69, 9.17) is 11.6 Å². The number of carbonyl (C=O) groups is 1. The summed E-state index contributed by atoms with van der Waals surface area (Å²) >= 11 is 6.86. The molecule has 3 nitrogen and oxygen atoms in total. The maximum Gasteiger partial charge on any atom is 0.247 e. The molecular formula is C28H43ClN2O. The van der Waals surface area contributed by atoms with Gasteiger partial charge in [-0.2, -0.15) is 0 Å². The lowest BCUT2D eigenvalue weighted by Crippen LogP contribution is -2.37. The van der Waals surface area contributed by atoms with Gasteiger partial charge in [0.25, 0.3) is 0 Å². The van der Waals surface area contributed by atoms with E-state index in [1.54, 1.807) is 0 Å². The Kier molecular flexibility index (Phi) is 10.8. The number of allylic oxidation sites excluding steroid dienone is 2. The Morgan fingerprint density at radius 2 is 1.81 bits per heavy atom. The van der Waals surface area contributed by atoms with Crippen LogP contribution >= 0.6 is 11.6 Å². The van der Waals surface area contributed by atoms with Crippen molar-refractivity contribution in [3.63, 3.8) is 0 Å². The molecule has 0 aliphatic heterocycles.